The summed E-state index contributed by atoms with van der Waals surface area (Å²) in [5.41, 5.74) is 10.4. The number of hydrogen-bond donors (Lipinski definition) is 1. The van der Waals surface area contributed by atoms with Gasteiger partial charge in [0.05, 0.1) is 0 Å². The van der Waals surface area contributed by atoms with Crippen molar-refractivity contribution in [3.8, 4) is 11.4 Å². The van der Waals surface area contributed by atoms with E-state index in [0.717, 1.165) is 35.5 Å². The summed E-state index contributed by atoms with van der Waals surface area (Å²) in [6, 6.07) is 8.48. The number of anilines is 1. The van der Waals surface area contributed by atoms with Gasteiger partial charge >= 0.3 is 0 Å². The van der Waals surface area contributed by atoms with Crippen molar-refractivity contribution in [2.75, 3.05) is 5.73 Å². The lowest BCUT2D eigenvalue weighted by atomic mass is 10.0. The number of benzene rings is 1. The van der Waals surface area contributed by atoms with Gasteiger partial charge in [0.2, 0.25) is 0 Å². The Labute approximate surface area is 121 Å². The summed E-state index contributed by atoms with van der Waals surface area (Å²) >= 11 is 0. The molecular formula is C17H23N3. The van der Waals surface area contributed by atoms with Crippen LogP contribution in [0.15, 0.2) is 24.3 Å². The average molecular weight is 269 g/mol. The van der Waals surface area contributed by atoms with Crippen molar-refractivity contribution in [3.05, 3.63) is 41.1 Å². The van der Waals surface area contributed by atoms with E-state index in [2.05, 4.69) is 55.0 Å². The van der Waals surface area contributed by atoms with Crippen LogP contribution >= 0.6 is 0 Å². The molecule has 20 heavy (non-hydrogen) atoms. The van der Waals surface area contributed by atoms with Gasteiger partial charge in [-0.1, -0.05) is 45.0 Å². The summed E-state index contributed by atoms with van der Waals surface area (Å²) < 4.78 is 0. The van der Waals surface area contributed by atoms with Crippen molar-refractivity contribution in [1.29, 1.82) is 0 Å². The van der Waals surface area contributed by atoms with E-state index in [1.54, 1.807) is 0 Å². The Kier molecular flexibility index (Phi) is 4.38. The fourth-order valence-corrected chi connectivity index (χ4v) is 2.32. The van der Waals surface area contributed by atoms with Crippen LogP contribution in [0.5, 0.6) is 0 Å². The van der Waals surface area contributed by atoms with E-state index in [1.807, 2.05) is 6.92 Å². The summed E-state index contributed by atoms with van der Waals surface area (Å²) in [6.45, 7) is 8.52. The van der Waals surface area contributed by atoms with E-state index in [1.165, 1.54) is 5.56 Å². The zero-order chi connectivity index (χ0) is 14.7. The van der Waals surface area contributed by atoms with Gasteiger partial charge in [-0.15, -0.1) is 0 Å². The minimum Gasteiger partial charge on any atom is -0.383 e. The van der Waals surface area contributed by atoms with Gasteiger partial charge in [-0.2, -0.15) is 0 Å². The molecule has 0 radical (unpaired) electrons. The molecule has 3 nitrogen and oxygen atoms in total. The minimum atomic E-state index is 0.582. The lowest BCUT2D eigenvalue weighted by Gasteiger charge is -2.10. The third-order valence-electron chi connectivity index (χ3n) is 3.48. The molecule has 0 fully saturated rings. The smallest absolute Gasteiger partial charge is 0.161 e. The largest absolute Gasteiger partial charge is 0.383 e. The average Bonchev–Trinajstić information content (AvgIpc) is 2.42. The second-order valence-corrected chi connectivity index (χ2v) is 5.65. The molecule has 2 rings (SSSR count). The number of aryl methyl sites for hydroxylation is 1. The van der Waals surface area contributed by atoms with E-state index < -0.39 is 0 Å². The Morgan fingerprint density at radius 3 is 2.30 bits per heavy atom. The highest BCUT2D eigenvalue weighted by molar-refractivity contribution is 5.59. The third-order valence-corrected chi connectivity index (χ3v) is 3.48. The highest BCUT2D eigenvalue weighted by Crippen LogP contribution is 2.21. The van der Waals surface area contributed by atoms with E-state index in [9.17, 15) is 0 Å². The Hall–Kier alpha value is -1.90. The molecule has 0 saturated carbocycles. The Bertz CT molecular complexity index is 586. The van der Waals surface area contributed by atoms with Crippen LogP contribution in [0, 0.1) is 12.8 Å². The van der Waals surface area contributed by atoms with Crippen LogP contribution in [-0.2, 0) is 12.8 Å². The number of nitrogens with zero attached hydrogens (tertiary/aromatic N) is 2. The number of aromatic nitrogens is 2. The Morgan fingerprint density at radius 2 is 1.75 bits per heavy atom. The maximum atomic E-state index is 5.98. The van der Waals surface area contributed by atoms with Crippen LogP contribution in [0.3, 0.4) is 0 Å². The molecule has 2 aromatic rings. The Morgan fingerprint density at radius 1 is 1.10 bits per heavy atom. The van der Waals surface area contributed by atoms with Crippen LogP contribution in [-0.4, -0.2) is 9.97 Å². The summed E-state index contributed by atoms with van der Waals surface area (Å²) in [6.07, 6.45) is 1.97. The van der Waals surface area contributed by atoms with Gasteiger partial charge in [-0.25, -0.2) is 9.97 Å². The SMILES string of the molecule is CCc1nc(-c2ccc(CC(C)C)cc2)nc(N)c1C. The van der Waals surface area contributed by atoms with Crippen LogP contribution in [0.1, 0.15) is 37.6 Å². The maximum Gasteiger partial charge on any atom is 0.161 e. The molecule has 0 spiro atoms. The first-order valence-electron chi connectivity index (χ1n) is 7.23. The summed E-state index contributed by atoms with van der Waals surface area (Å²) in [5.74, 6) is 1.97. The van der Waals surface area contributed by atoms with Crippen molar-refractivity contribution in [3.63, 3.8) is 0 Å². The summed E-state index contributed by atoms with van der Waals surface area (Å²) in [5, 5.41) is 0. The molecule has 0 bridgehead atoms. The zero-order valence-corrected chi connectivity index (χ0v) is 12.8. The minimum absolute atomic E-state index is 0.582. The van der Waals surface area contributed by atoms with Crippen molar-refractivity contribution < 1.29 is 0 Å². The van der Waals surface area contributed by atoms with E-state index in [0.29, 0.717) is 11.7 Å². The molecule has 1 aromatic heterocycles. The van der Waals surface area contributed by atoms with Gasteiger partial charge in [0.1, 0.15) is 5.82 Å². The van der Waals surface area contributed by atoms with E-state index in [-0.39, 0.29) is 0 Å². The van der Waals surface area contributed by atoms with Crippen molar-refractivity contribution >= 4 is 5.82 Å². The molecule has 0 unspecified atom stereocenters. The van der Waals surface area contributed by atoms with Crippen LogP contribution in [0.2, 0.25) is 0 Å². The van der Waals surface area contributed by atoms with Crippen molar-refractivity contribution in [2.45, 2.75) is 40.5 Å². The summed E-state index contributed by atoms with van der Waals surface area (Å²) in [7, 11) is 0. The molecule has 2 N–H and O–H groups in total. The number of nitrogen functional groups attached to an aromatic ring is 1. The number of nitrogens with two attached hydrogens (primary N) is 1. The topological polar surface area (TPSA) is 51.8 Å². The third kappa shape index (κ3) is 3.16. The number of hydrogen-bond acceptors (Lipinski definition) is 3. The van der Waals surface area contributed by atoms with Gasteiger partial charge < -0.3 is 5.73 Å². The molecular weight excluding hydrogens is 246 g/mol. The first-order chi connectivity index (χ1) is 9.51. The molecule has 0 amide bonds. The van der Waals surface area contributed by atoms with Crippen LogP contribution in [0.4, 0.5) is 5.82 Å². The monoisotopic (exact) mass is 269 g/mol. The van der Waals surface area contributed by atoms with Gasteiger partial charge in [-0.05, 0) is 31.2 Å². The van der Waals surface area contributed by atoms with Crippen molar-refractivity contribution in [2.24, 2.45) is 5.92 Å². The molecule has 0 saturated heterocycles. The molecule has 1 aromatic carbocycles. The predicted molar refractivity (Wildman–Crippen MR) is 84.5 cm³/mol. The lowest BCUT2D eigenvalue weighted by Crippen LogP contribution is -2.04. The molecule has 0 aliphatic rings. The molecule has 1 heterocycles. The molecule has 3 heteroatoms. The summed E-state index contributed by atoms with van der Waals surface area (Å²) in [4.78, 5) is 9.03. The van der Waals surface area contributed by atoms with Gasteiger partial charge in [0, 0.05) is 16.8 Å². The molecule has 0 atom stereocenters. The normalized spacial score (nSPS) is 11.1. The fourth-order valence-electron chi connectivity index (χ4n) is 2.32. The van der Waals surface area contributed by atoms with E-state index >= 15 is 0 Å². The van der Waals surface area contributed by atoms with Gasteiger partial charge in [0.15, 0.2) is 5.82 Å². The maximum absolute atomic E-state index is 5.98. The quantitative estimate of drug-likeness (QED) is 0.918. The van der Waals surface area contributed by atoms with Crippen molar-refractivity contribution in [1.82, 2.24) is 9.97 Å². The first kappa shape index (κ1) is 14.5. The fraction of sp³-hybridized carbons (Fsp3) is 0.412. The van der Waals surface area contributed by atoms with Gasteiger partial charge in [0.25, 0.3) is 0 Å². The molecule has 0 aliphatic carbocycles. The van der Waals surface area contributed by atoms with Crippen LogP contribution < -0.4 is 5.73 Å². The Balaban J connectivity index is 2.34. The highest BCUT2D eigenvalue weighted by Gasteiger charge is 2.09. The zero-order valence-electron chi connectivity index (χ0n) is 12.8. The molecule has 106 valence electrons. The van der Waals surface area contributed by atoms with Gasteiger partial charge in [-0.3, -0.25) is 0 Å². The molecule has 0 aliphatic heterocycles. The second kappa shape index (κ2) is 6.04. The lowest BCUT2D eigenvalue weighted by molar-refractivity contribution is 0.647. The predicted octanol–water partition coefficient (Wildman–Crippen LogP) is 3.80. The van der Waals surface area contributed by atoms with E-state index in [4.69, 9.17) is 5.73 Å². The first-order valence-corrected chi connectivity index (χ1v) is 7.23. The highest BCUT2D eigenvalue weighted by atomic mass is 15.0. The second-order valence-electron chi connectivity index (χ2n) is 5.65. The van der Waals surface area contributed by atoms with Crippen LogP contribution in [0.25, 0.3) is 11.4 Å². The standard InChI is InChI=1S/C17H23N3/c1-5-15-12(4)16(18)20-17(19-15)14-8-6-13(7-9-14)10-11(2)3/h6-9,11H,5,10H2,1-4H3,(H2,18,19,20). The number of rotatable bonds is 4.